The van der Waals surface area contributed by atoms with E-state index < -0.39 is 0 Å². The van der Waals surface area contributed by atoms with Crippen molar-refractivity contribution in [3.8, 4) is 6.07 Å². The topological polar surface area (TPSA) is 95.1 Å². The monoisotopic (exact) mass is 604 g/mol. The van der Waals surface area contributed by atoms with Crippen LogP contribution in [0.2, 0.25) is 0 Å². The average molecular weight is 605 g/mol. The second-order valence-corrected chi connectivity index (χ2v) is 12.7. The first-order chi connectivity index (χ1) is 21.7. The molecule has 3 heterocycles. The molecule has 0 amide bonds. The van der Waals surface area contributed by atoms with E-state index >= 15 is 0 Å². The third-order valence-corrected chi connectivity index (χ3v) is 9.31. The van der Waals surface area contributed by atoms with Gasteiger partial charge in [-0.1, -0.05) is 75.7 Å². The van der Waals surface area contributed by atoms with Crippen LogP contribution in [0.5, 0.6) is 0 Å². The van der Waals surface area contributed by atoms with Gasteiger partial charge in [-0.3, -0.25) is 19.1 Å². The molecule has 0 bridgehead atoms. The molecule has 0 saturated carbocycles. The molecule has 0 aliphatic carbocycles. The Kier molecular flexibility index (Phi) is 9.79. The van der Waals surface area contributed by atoms with Crippen molar-refractivity contribution in [3.05, 3.63) is 99.7 Å². The maximum absolute atomic E-state index is 14.5. The SMILES string of the molecule is CCC1CN(C(C(=O)Cc2nc3cc(C#N)cnc3c(=O)n2Cc2ccccc2)C(C)C)C(C)C(CC)N1c1ccc(C)cc1. The second-order valence-electron chi connectivity index (χ2n) is 12.7. The van der Waals surface area contributed by atoms with Crippen molar-refractivity contribution >= 4 is 22.5 Å². The summed E-state index contributed by atoms with van der Waals surface area (Å²) in [6.07, 6.45) is 3.32. The van der Waals surface area contributed by atoms with Gasteiger partial charge < -0.3 is 4.90 Å². The van der Waals surface area contributed by atoms with Gasteiger partial charge >= 0.3 is 0 Å². The summed E-state index contributed by atoms with van der Waals surface area (Å²) >= 11 is 0. The molecule has 45 heavy (non-hydrogen) atoms. The summed E-state index contributed by atoms with van der Waals surface area (Å²) in [5, 5.41) is 9.46. The molecular weight excluding hydrogens is 560 g/mol. The lowest BCUT2D eigenvalue weighted by molar-refractivity contribution is -0.127. The fourth-order valence-corrected chi connectivity index (χ4v) is 7.04. The number of ketones is 1. The van der Waals surface area contributed by atoms with Gasteiger partial charge in [0.2, 0.25) is 0 Å². The highest BCUT2D eigenvalue weighted by Crippen LogP contribution is 2.34. The van der Waals surface area contributed by atoms with Gasteiger partial charge in [-0.2, -0.15) is 5.26 Å². The smallest absolute Gasteiger partial charge is 0.280 e. The van der Waals surface area contributed by atoms with Crippen LogP contribution in [-0.2, 0) is 17.8 Å². The molecular formula is C37H44N6O2. The molecule has 4 atom stereocenters. The van der Waals surface area contributed by atoms with Crippen molar-refractivity contribution in [2.75, 3.05) is 11.4 Å². The minimum atomic E-state index is -0.343. The summed E-state index contributed by atoms with van der Waals surface area (Å²) < 4.78 is 1.58. The van der Waals surface area contributed by atoms with E-state index in [0.717, 1.165) is 24.9 Å². The molecule has 234 valence electrons. The number of aromatic nitrogens is 3. The molecule has 1 saturated heterocycles. The Hall–Kier alpha value is -4.35. The molecule has 0 radical (unpaired) electrons. The van der Waals surface area contributed by atoms with Gasteiger partial charge in [-0.25, -0.2) is 9.97 Å². The number of rotatable bonds is 10. The molecule has 4 aromatic rings. The largest absolute Gasteiger partial charge is 0.363 e. The molecule has 2 aromatic carbocycles. The first-order valence-corrected chi connectivity index (χ1v) is 16.1. The Morgan fingerprint density at radius 2 is 1.78 bits per heavy atom. The molecule has 4 unspecified atom stereocenters. The maximum atomic E-state index is 14.5. The van der Waals surface area contributed by atoms with Crippen LogP contribution in [0.3, 0.4) is 0 Å². The second kappa shape index (κ2) is 13.7. The minimum absolute atomic E-state index is 0.0100. The molecule has 1 aliphatic rings. The summed E-state index contributed by atoms with van der Waals surface area (Å²) in [5.41, 5.74) is 3.95. The Morgan fingerprint density at radius 1 is 1.07 bits per heavy atom. The number of carbonyl (C=O) groups is 1. The number of nitrogens with zero attached hydrogens (tertiary/aromatic N) is 6. The standard InChI is InChI=1S/C37H44N6O2/c1-7-29-23-41(26(6)32(8-2)43(29)30-16-14-25(5)15-17-30)36(24(3)4)33(44)19-34-40-31-18-28(20-38)21-39-35(31)37(45)42(34)22-27-12-10-9-11-13-27/h9-18,21,24,26,29,32,36H,7-8,19,22-23H2,1-6H3. The fourth-order valence-electron chi connectivity index (χ4n) is 7.04. The van der Waals surface area contributed by atoms with Crippen molar-refractivity contribution in [2.45, 2.75) is 91.5 Å². The molecule has 5 rings (SSSR count). The first-order valence-electron chi connectivity index (χ1n) is 16.1. The number of piperazine rings is 1. The number of anilines is 1. The predicted octanol–water partition coefficient (Wildman–Crippen LogP) is 5.92. The summed E-state index contributed by atoms with van der Waals surface area (Å²) in [6.45, 7) is 14.1. The highest BCUT2D eigenvalue weighted by molar-refractivity contribution is 5.86. The molecule has 8 heteroatoms. The van der Waals surface area contributed by atoms with E-state index in [-0.39, 0.29) is 59.9 Å². The number of hydrogen-bond donors (Lipinski definition) is 0. The molecule has 2 aromatic heterocycles. The number of nitriles is 1. The van der Waals surface area contributed by atoms with Crippen molar-refractivity contribution < 1.29 is 4.79 Å². The minimum Gasteiger partial charge on any atom is -0.363 e. The number of aryl methyl sites for hydroxylation is 1. The van der Waals surface area contributed by atoms with Gasteiger partial charge in [-0.15, -0.1) is 0 Å². The van der Waals surface area contributed by atoms with Crippen LogP contribution < -0.4 is 10.5 Å². The van der Waals surface area contributed by atoms with Crippen molar-refractivity contribution in [3.63, 3.8) is 0 Å². The van der Waals surface area contributed by atoms with Crippen molar-refractivity contribution in [1.82, 2.24) is 19.4 Å². The van der Waals surface area contributed by atoms with E-state index in [1.165, 1.54) is 17.4 Å². The maximum Gasteiger partial charge on any atom is 0.280 e. The van der Waals surface area contributed by atoms with Gasteiger partial charge in [0.05, 0.1) is 30.1 Å². The summed E-state index contributed by atoms with van der Waals surface area (Å²) in [7, 11) is 0. The Labute approximate surface area is 266 Å². The lowest BCUT2D eigenvalue weighted by Crippen LogP contribution is -2.67. The number of hydrogen-bond acceptors (Lipinski definition) is 7. The summed E-state index contributed by atoms with van der Waals surface area (Å²) in [6, 6.07) is 22.4. The number of benzene rings is 2. The normalized spacial score (nSPS) is 19.5. The Bertz CT molecular complexity index is 1740. The van der Waals surface area contributed by atoms with Gasteiger partial charge in [0.15, 0.2) is 11.3 Å². The first kappa shape index (κ1) is 32.1. The van der Waals surface area contributed by atoms with Crippen molar-refractivity contribution in [1.29, 1.82) is 5.26 Å². The quantitative estimate of drug-likeness (QED) is 0.222. The highest BCUT2D eigenvalue weighted by atomic mass is 16.1. The summed E-state index contributed by atoms with van der Waals surface area (Å²) in [5.74, 6) is 0.499. The van der Waals surface area contributed by atoms with Crippen LogP contribution >= 0.6 is 0 Å². The summed E-state index contributed by atoms with van der Waals surface area (Å²) in [4.78, 5) is 42.3. The van der Waals surface area contributed by atoms with Crippen LogP contribution in [0.4, 0.5) is 5.69 Å². The number of carbonyl (C=O) groups excluding carboxylic acids is 1. The van der Waals surface area contributed by atoms with E-state index in [1.807, 2.05) is 30.3 Å². The Balaban J connectivity index is 1.52. The zero-order valence-corrected chi connectivity index (χ0v) is 27.3. The number of pyridine rings is 1. The number of Topliss-reactive ketones (excluding diaryl/α,β-unsaturated/α-hetero) is 1. The molecule has 1 fully saturated rings. The number of fused-ring (bicyclic) bond motifs is 1. The molecule has 0 spiro atoms. The average Bonchev–Trinajstić information content (AvgIpc) is 3.04. The van der Waals surface area contributed by atoms with E-state index in [4.69, 9.17) is 4.98 Å². The van der Waals surface area contributed by atoms with E-state index in [2.05, 4.69) is 86.7 Å². The zero-order chi connectivity index (χ0) is 32.2. The van der Waals surface area contributed by atoms with Gasteiger partial charge in [0, 0.05) is 36.6 Å². The van der Waals surface area contributed by atoms with Gasteiger partial charge in [0.1, 0.15) is 11.9 Å². The lowest BCUT2D eigenvalue weighted by Gasteiger charge is -2.54. The van der Waals surface area contributed by atoms with E-state index in [0.29, 0.717) is 16.9 Å². The van der Waals surface area contributed by atoms with Gasteiger partial charge in [-0.05, 0) is 56.4 Å². The predicted molar refractivity (Wildman–Crippen MR) is 179 cm³/mol. The van der Waals surface area contributed by atoms with Gasteiger partial charge in [0.25, 0.3) is 5.56 Å². The molecule has 1 aliphatic heterocycles. The fraction of sp³-hybridized carbons (Fsp3) is 0.432. The lowest BCUT2D eigenvalue weighted by atomic mass is 9.87. The van der Waals surface area contributed by atoms with Crippen LogP contribution in [-0.4, -0.2) is 55.9 Å². The third kappa shape index (κ3) is 6.55. The molecule has 0 N–H and O–H groups in total. The molecule has 8 nitrogen and oxygen atoms in total. The van der Waals surface area contributed by atoms with Crippen molar-refractivity contribution in [2.24, 2.45) is 5.92 Å². The zero-order valence-electron chi connectivity index (χ0n) is 27.3. The third-order valence-electron chi connectivity index (χ3n) is 9.31. The van der Waals surface area contributed by atoms with Crippen LogP contribution in [0.1, 0.15) is 70.0 Å². The Morgan fingerprint density at radius 3 is 2.40 bits per heavy atom. The van der Waals surface area contributed by atoms with Crippen LogP contribution in [0, 0.1) is 24.2 Å². The van der Waals surface area contributed by atoms with E-state index in [1.54, 1.807) is 10.6 Å². The van der Waals surface area contributed by atoms with Crippen LogP contribution in [0.15, 0.2) is 71.7 Å². The highest BCUT2D eigenvalue weighted by Gasteiger charge is 2.43. The van der Waals surface area contributed by atoms with Crippen LogP contribution in [0.25, 0.3) is 11.0 Å². The van der Waals surface area contributed by atoms with E-state index in [9.17, 15) is 14.9 Å².